The van der Waals surface area contributed by atoms with Gasteiger partial charge < -0.3 is 5.32 Å². The Labute approximate surface area is 116 Å². The molecule has 100 valence electrons. The molecule has 0 saturated carbocycles. The summed E-state index contributed by atoms with van der Waals surface area (Å²) in [6.45, 7) is 3.05. The maximum atomic E-state index is 11.9. The highest BCUT2D eigenvalue weighted by atomic mass is 35.5. The predicted molar refractivity (Wildman–Crippen MR) is 75.4 cm³/mol. The lowest BCUT2D eigenvalue weighted by Crippen LogP contribution is -2.24. The van der Waals surface area contributed by atoms with Crippen LogP contribution in [0.4, 0.5) is 5.69 Å². The molecule has 0 spiro atoms. The zero-order valence-electron chi connectivity index (χ0n) is 10.6. The van der Waals surface area contributed by atoms with Crippen LogP contribution in [0.5, 0.6) is 0 Å². The van der Waals surface area contributed by atoms with Crippen LogP contribution in [-0.2, 0) is 13.1 Å². The van der Waals surface area contributed by atoms with Gasteiger partial charge in [0.1, 0.15) is 5.02 Å². The van der Waals surface area contributed by atoms with Gasteiger partial charge in [-0.2, -0.15) is 5.10 Å². The minimum atomic E-state index is -0.269. The zero-order chi connectivity index (χ0) is 13.7. The third-order valence-corrected chi connectivity index (χ3v) is 2.97. The number of aromatic nitrogens is 3. The fourth-order valence-corrected chi connectivity index (χ4v) is 1.86. The van der Waals surface area contributed by atoms with Crippen LogP contribution in [0, 0.1) is 0 Å². The molecule has 2 aromatic rings. The highest BCUT2D eigenvalue weighted by molar-refractivity contribution is 6.32. The third kappa shape index (κ3) is 3.32. The lowest BCUT2D eigenvalue weighted by atomic mass is 10.3. The third-order valence-electron chi connectivity index (χ3n) is 2.61. The van der Waals surface area contributed by atoms with Crippen molar-refractivity contribution < 1.29 is 0 Å². The average molecular weight is 279 g/mol. The molecule has 0 fully saturated rings. The molecule has 2 heterocycles. The Hall–Kier alpha value is -1.88. The SMILES string of the molecule is CCCn1ncc(NCc2ccccn2)c(Cl)c1=O. The molecule has 2 rings (SSSR count). The molecular formula is C13H15ClN4O. The van der Waals surface area contributed by atoms with Gasteiger partial charge in [-0.25, -0.2) is 4.68 Å². The molecule has 0 aliphatic carbocycles. The number of hydrogen-bond donors (Lipinski definition) is 1. The molecule has 0 amide bonds. The highest BCUT2D eigenvalue weighted by Crippen LogP contribution is 2.15. The molecule has 0 radical (unpaired) electrons. The second-order valence-corrected chi connectivity index (χ2v) is 4.45. The van der Waals surface area contributed by atoms with E-state index in [1.54, 1.807) is 12.4 Å². The lowest BCUT2D eigenvalue weighted by Gasteiger charge is -2.09. The molecule has 0 unspecified atom stereocenters. The number of pyridine rings is 1. The first-order chi connectivity index (χ1) is 9.22. The minimum Gasteiger partial charge on any atom is -0.377 e. The molecule has 0 saturated heterocycles. The van der Waals surface area contributed by atoms with E-state index in [1.165, 1.54) is 4.68 Å². The summed E-state index contributed by atoms with van der Waals surface area (Å²) in [5.41, 5.74) is 1.13. The van der Waals surface area contributed by atoms with Gasteiger partial charge in [-0.1, -0.05) is 24.6 Å². The first-order valence-electron chi connectivity index (χ1n) is 6.11. The van der Waals surface area contributed by atoms with Crippen LogP contribution in [0.3, 0.4) is 0 Å². The van der Waals surface area contributed by atoms with Gasteiger partial charge in [-0.3, -0.25) is 9.78 Å². The zero-order valence-corrected chi connectivity index (χ0v) is 11.4. The summed E-state index contributed by atoms with van der Waals surface area (Å²) in [6, 6.07) is 5.65. The van der Waals surface area contributed by atoms with Gasteiger partial charge in [0.25, 0.3) is 5.56 Å². The minimum absolute atomic E-state index is 0.166. The topological polar surface area (TPSA) is 59.8 Å². The van der Waals surface area contributed by atoms with Gasteiger partial charge in [-0.05, 0) is 18.6 Å². The summed E-state index contributed by atoms with van der Waals surface area (Å²) < 4.78 is 1.37. The van der Waals surface area contributed by atoms with E-state index in [2.05, 4.69) is 15.4 Å². The van der Waals surface area contributed by atoms with Crippen LogP contribution in [0.25, 0.3) is 0 Å². The van der Waals surface area contributed by atoms with Crippen molar-refractivity contribution in [2.45, 2.75) is 26.4 Å². The van der Waals surface area contributed by atoms with Crippen LogP contribution in [0.1, 0.15) is 19.0 Å². The van der Waals surface area contributed by atoms with Crippen molar-refractivity contribution in [1.82, 2.24) is 14.8 Å². The standard InChI is InChI=1S/C13H15ClN4O/c1-2-7-18-13(19)12(14)11(9-17-18)16-8-10-5-3-4-6-15-10/h3-6,9,16H,2,7-8H2,1H3. The van der Waals surface area contributed by atoms with E-state index < -0.39 is 0 Å². The Morgan fingerprint density at radius 3 is 2.95 bits per heavy atom. The van der Waals surface area contributed by atoms with E-state index in [4.69, 9.17) is 11.6 Å². The number of aryl methyl sites for hydroxylation is 1. The van der Waals surface area contributed by atoms with Crippen LogP contribution < -0.4 is 10.9 Å². The molecule has 0 atom stereocenters. The predicted octanol–water partition coefficient (Wildman–Crippen LogP) is 2.31. The van der Waals surface area contributed by atoms with E-state index in [1.807, 2.05) is 25.1 Å². The van der Waals surface area contributed by atoms with E-state index in [0.717, 1.165) is 12.1 Å². The van der Waals surface area contributed by atoms with Gasteiger partial charge in [0.05, 0.1) is 24.1 Å². The first kappa shape index (κ1) is 13.5. The monoisotopic (exact) mass is 278 g/mol. The molecule has 5 nitrogen and oxygen atoms in total. The highest BCUT2D eigenvalue weighted by Gasteiger charge is 2.08. The number of hydrogen-bond acceptors (Lipinski definition) is 4. The summed E-state index contributed by atoms with van der Waals surface area (Å²) in [4.78, 5) is 16.1. The van der Waals surface area contributed by atoms with E-state index in [0.29, 0.717) is 18.8 Å². The number of nitrogens with one attached hydrogen (secondary N) is 1. The second-order valence-electron chi connectivity index (χ2n) is 4.08. The van der Waals surface area contributed by atoms with Crippen LogP contribution in [0.15, 0.2) is 35.4 Å². The van der Waals surface area contributed by atoms with Crippen molar-refractivity contribution in [3.8, 4) is 0 Å². The first-order valence-corrected chi connectivity index (χ1v) is 6.49. The fourth-order valence-electron chi connectivity index (χ4n) is 1.65. The number of nitrogens with zero attached hydrogens (tertiary/aromatic N) is 3. The van der Waals surface area contributed by atoms with Crippen molar-refractivity contribution in [2.75, 3.05) is 5.32 Å². The average Bonchev–Trinajstić information content (AvgIpc) is 2.44. The summed E-state index contributed by atoms with van der Waals surface area (Å²) in [7, 11) is 0. The van der Waals surface area contributed by atoms with Crippen molar-refractivity contribution in [3.63, 3.8) is 0 Å². The van der Waals surface area contributed by atoms with Gasteiger partial charge >= 0.3 is 0 Å². The Morgan fingerprint density at radius 2 is 2.26 bits per heavy atom. The van der Waals surface area contributed by atoms with Crippen LogP contribution >= 0.6 is 11.6 Å². The second kappa shape index (κ2) is 6.33. The largest absolute Gasteiger partial charge is 0.377 e. The maximum absolute atomic E-state index is 11.9. The molecule has 6 heteroatoms. The Morgan fingerprint density at radius 1 is 1.42 bits per heavy atom. The van der Waals surface area contributed by atoms with Crippen molar-refractivity contribution in [1.29, 1.82) is 0 Å². The Bertz CT molecular complexity index is 597. The van der Waals surface area contributed by atoms with Gasteiger partial charge in [-0.15, -0.1) is 0 Å². The number of anilines is 1. The molecule has 0 aliphatic heterocycles. The maximum Gasteiger partial charge on any atom is 0.287 e. The lowest BCUT2D eigenvalue weighted by molar-refractivity contribution is 0.568. The Kier molecular flexibility index (Phi) is 4.52. The van der Waals surface area contributed by atoms with Crippen LogP contribution in [0.2, 0.25) is 5.02 Å². The smallest absolute Gasteiger partial charge is 0.287 e. The summed E-state index contributed by atoms with van der Waals surface area (Å²) in [5.74, 6) is 0. The number of rotatable bonds is 5. The molecule has 0 bridgehead atoms. The van der Waals surface area contributed by atoms with E-state index in [9.17, 15) is 4.79 Å². The molecular weight excluding hydrogens is 264 g/mol. The van der Waals surface area contributed by atoms with Crippen molar-refractivity contribution in [2.24, 2.45) is 0 Å². The number of halogens is 1. The normalized spacial score (nSPS) is 10.4. The van der Waals surface area contributed by atoms with Gasteiger partial charge in [0.15, 0.2) is 0 Å². The molecule has 19 heavy (non-hydrogen) atoms. The van der Waals surface area contributed by atoms with Crippen molar-refractivity contribution in [3.05, 3.63) is 51.7 Å². The fraction of sp³-hybridized carbons (Fsp3) is 0.308. The molecule has 0 aliphatic rings. The molecule has 0 aromatic carbocycles. The van der Waals surface area contributed by atoms with E-state index >= 15 is 0 Å². The van der Waals surface area contributed by atoms with Gasteiger partial charge in [0.2, 0.25) is 0 Å². The molecule has 1 N–H and O–H groups in total. The summed E-state index contributed by atoms with van der Waals surface area (Å²) in [6.07, 6.45) is 4.13. The quantitative estimate of drug-likeness (QED) is 0.912. The van der Waals surface area contributed by atoms with Crippen LogP contribution in [-0.4, -0.2) is 14.8 Å². The summed E-state index contributed by atoms with van der Waals surface area (Å²) in [5, 5.41) is 7.31. The van der Waals surface area contributed by atoms with Crippen molar-refractivity contribution >= 4 is 17.3 Å². The molecule has 2 aromatic heterocycles. The van der Waals surface area contributed by atoms with Gasteiger partial charge in [0, 0.05) is 12.7 Å². The summed E-state index contributed by atoms with van der Waals surface area (Å²) >= 11 is 6.04. The Balaban J connectivity index is 2.13. The van der Waals surface area contributed by atoms with E-state index in [-0.39, 0.29) is 10.6 Å².